The van der Waals surface area contributed by atoms with Gasteiger partial charge in [0, 0.05) is 0 Å². The van der Waals surface area contributed by atoms with E-state index in [2.05, 4.69) is 85.8 Å². The van der Waals surface area contributed by atoms with Gasteiger partial charge in [-0.05, 0) is 0 Å². The van der Waals surface area contributed by atoms with Crippen molar-refractivity contribution in [2.45, 2.75) is 28.2 Å². The van der Waals surface area contributed by atoms with Crippen LogP contribution in [0.1, 0.15) is 33.8 Å². The average molecular weight is 404 g/mol. The predicted octanol–water partition coefficient (Wildman–Crippen LogP) is 6.42. The summed E-state index contributed by atoms with van der Waals surface area (Å²) in [7, 11) is 0.818. The first-order valence-corrected chi connectivity index (χ1v) is 12.8. The number of hydrogen-bond acceptors (Lipinski definition) is 0. The van der Waals surface area contributed by atoms with Crippen LogP contribution in [0.25, 0.3) is 6.08 Å². The van der Waals surface area contributed by atoms with E-state index in [9.17, 15) is 0 Å². The van der Waals surface area contributed by atoms with Crippen molar-refractivity contribution >= 4 is 20.0 Å². The van der Waals surface area contributed by atoms with Crippen molar-refractivity contribution in [1.29, 1.82) is 0 Å². The van der Waals surface area contributed by atoms with Crippen molar-refractivity contribution in [2.75, 3.05) is 0 Å². The van der Waals surface area contributed by atoms with E-state index in [4.69, 9.17) is 0 Å². The average Bonchev–Trinajstić information content (AvgIpc) is 3.26. The van der Waals surface area contributed by atoms with Crippen LogP contribution in [0.4, 0.5) is 0 Å². The molecule has 0 radical (unpaired) electrons. The van der Waals surface area contributed by atoms with Gasteiger partial charge in [-0.15, -0.1) is 0 Å². The molecule has 1 saturated carbocycles. The topological polar surface area (TPSA) is 0 Å². The number of aryl methyl sites for hydroxylation is 1. The quantitative estimate of drug-likeness (QED) is 0.408. The van der Waals surface area contributed by atoms with Crippen LogP contribution in [0.3, 0.4) is 0 Å². The molecule has 0 nitrogen and oxygen atoms in total. The molecular formula is C25H25PTi. The third-order valence-corrected chi connectivity index (χ3v) is 11.5. The first-order chi connectivity index (χ1) is 13.3. The molecule has 27 heavy (non-hydrogen) atoms. The van der Waals surface area contributed by atoms with Gasteiger partial charge in [-0.2, -0.15) is 0 Å². The summed E-state index contributed by atoms with van der Waals surface area (Å²) in [6.07, 6.45) is 14.9. The molecule has 0 heterocycles. The van der Waals surface area contributed by atoms with Gasteiger partial charge in [0.15, 0.2) is 0 Å². The molecule has 1 fully saturated rings. The van der Waals surface area contributed by atoms with Gasteiger partial charge in [-0.25, -0.2) is 0 Å². The van der Waals surface area contributed by atoms with Crippen LogP contribution in [-0.2, 0) is 19.2 Å². The SMILES string of the molecule is Cc1ccccc1PC1=Cc2ccccc2[CH]1[Ti][CH]1CCC2C=CC=CC21. The van der Waals surface area contributed by atoms with E-state index in [-0.39, 0.29) is 19.2 Å². The normalized spacial score (nSPS) is 28.4. The maximum absolute atomic E-state index is 2.53. The Morgan fingerprint density at radius 3 is 2.67 bits per heavy atom. The number of rotatable bonds is 4. The first kappa shape index (κ1) is 17.9. The van der Waals surface area contributed by atoms with Crippen LogP contribution >= 0.6 is 8.58 Å². The van der Waals surface area contributed by atoms with E-state index in [1.54, 1.807) is 10.9 Å². The van der Waals surface area contributed by atoms with Crippen molar-refractivity contribution < 1.29 is 19.2 Å². The standard InChI is InChI=1S/C16H14P.C9H11.Ti/c1-12-6-2-5-9-16(12)17-15-10-13-7-3-4-8-14(13)11-15;1-2-5-9-7-3-6-8(9)4-1;/h2-11,17H,1H3;1-2,4-6,8-9H,3,7H2;. The monoisotopic (exact) mass is 404 g/mol. The van der Waals surface area contributed by atoms with Crippen LogP contribution in [0.2, 0.25) is 4.22 Å². The zero-order valence-electron chi connectivity index (χ0n) is 15.7. The summed E-state index contributed by atoms with van der Waals surface area (Å²) in [5, 5.41) is 3.22. The Morgan fingerprint density at radius 2 is 1.74 bits per heavy atom. The molecule has 0 aromatic heterocycles. The number of fused-ring (bicyclic) bond motifs is 2. The van der Waals surface area contributed by atoms with E-state index < -0.39 is 0 Å². The van der Waals surface area contributed by atoms with Crippen molar-refractivity contribution in [2.24, 2.45) is 11.8 Å². The zero-order valence-corrected chi connectivity index (χ0v) is 18.3. The van der Waals surface area contributed by atoms with Crippen molar-refractivity contribution in [3.05, 3.63) is 94.8 Å². The molecule has 5 rings (SSSR count). The number of allylic oxidation sites excluding steroid dienone is 5. The molecule has 0 spiro atoms. The second kappa shape index (κ2) is 7.67. The van der Waals surface area contributed by atoms with Crippen molar-refractivity contribution in [3.63, 3.8) is 0 Å². The van der Waals surface area contributed by atoms with E-state index in [0.29, 0.717) is 0 Å². The summed E-state index contributed by atoms with van der Waals surface area (Å²) in [5.41, 5.74) is 4.54. The van der Waals surface area contributed by atoms with Crippen molar-refractivity contribution in [1.82, 2.24) is 0 Å². The second-order valence-corrected chi connectivity index (χ2v) is 11.9. The molecule has 2 aromatic carbocycles. The minimum atomic E-state index is -0.0783. The fourth-order valence-corrected chi connectivity index (χ4v) is 10.0. The van der Waals surface area contributed by atoms with Gasteiger partial charge in [0.1, 0.15) is 0 Å². The zero-order chi connectivity index (χ0) is 18.2. The molecule has 0 saturated heterocycles. The third-order valence-electron chi connectivity index (χ3n) is 6.31. The molecular weight excluding hydrogens is 379 g/mol. The summed E-state index contributed by atoms with van der Waals surface area (Å²) < 4.78 is 1.67. The maximum atomic E-state index is 2.53. The van der Waals surface area contributed by atoms with E-state index in [0.717, 1.165) is 28.9 Å². The Hall–Kier alpha value is -1.20. The molecule has 5 atom stereocenters. The minimum absolute atomic E-state index is 0.0783. The number of benzene rings is 2. The summed E-state index contributed by atoms with van der Waals surface area (Å²) in [6, 6.07) is 18.1. The van der Waals surface area contributed by atoms with E-state index in [1.807, 2.05) is 0 Å². The Kier molecular flexibility index (Phi) is 5.08. The van der Waals surface area contributed by atoms with Gasteiger partial charge in [-0.1, -0.05) is 0 Å². The van der Waals surface area contributed by atoms with Crippen LogP contribution in [0.15, 0.2) is 78.1 Å². The van der Waals surface area contributed by atoms with Gasteiger partial charge in [0.2, 0.25) is 0 Å². The fraction of sp³-hybridized carbons (Fsp3) is 0.280. The molecule has 0 N–H and O–H groups in total. The van der Waals surface area contributed by atoms with Crippen LogP contribution in [0, 0.1) is 18.8 Å². The third kappa shape index (κ3) is 3.49. The molecule has 0 bridgehead atoms. The van der Waals surface area contributed by atoms with Gasteiger partial charge in [-0.3, -0.25) is 0 Å². The summed E-state index contributed by atoms with van der Waals surface area (Å²) in [6.45, 7) is 2.26. The first-order valence-electron chi connectivity index (χ1n) is 10.0. The summed E-state index contributed by atoms with van der Waals surface area (Å²) >= 11 is -0.0783. The number of hydrogen-bond donors (Lipinski definition) is 0. The van der Waals surface area contributed by atoms with Gasteiger partial charge in [0.25, 0.3) is 0 Å². The Bertz CT molecular complexity index is 939. The van der Waals surface area contributed by atoms with E-state index >= 15 is 0 Å². The predicted molar refractivity (Wildman–Crippen MR) is 115 cm³/mol. The second-order valence-electron chi connectivity index (χ2n) is 7.96. The Morgan fingerprint density at radius 1 is 0.926 bits per heavy atom. The van der Waals surface area contributed by atoms with Gasteiger partial charge >= 0.3 is 174 Å². The van der Waals surface area contributed by atoms with Crippen molar-refractivity contribution in [3.8, 4) is 0 Å². The molecule has 3 aliphatic rings. The fourth-order valence-electron chi connectivity index (χ4n) is 4.84. The molecule has 5 unspecified atom stereocenters. The Balaban J connectivity index is 1.43. The molecule has 2 aromatic rings. The molecule has 0 amide bonds. The molecule has 134 valence electrons. The van der Waals surface area contributed by atoms with Crippen LogP contribution < -0.4 is 5.30 Å². The molecule has 2 heteroatoms. The summed E-state index contributed by atoms with van der Waals surface area (Å²) in [4.78, 5) is 0. The summed E-state index contributed by atoms with van der Waals surface area (Å²) in [5.74, 6) is 1.62. The molecule has 3 aliphatic carbocycles. The van der Waals surface area contributed by atoms with Gasteiger partial charge < -0.3 is 0 Å². The molecule has 0 aliphatic heterocycles. The van der Waals surface area contributed by atoms with Crippen LogP contribution in [0.5, 0.6) is 0 Å². The Labute approximate surface area is 173 Å². The van der Waals surface area contributed by atoms with Crippen LogP contribution in [-0.4, -0.2) is 0 Å². The van der Waals surface area contributed by atoms with Gasteiger partial charge in [0.05, 0.1) is 0 Å². The van der Waals surface area contributed by atoms with E-state index in [1.165, 1.54) is 29.3 Å².